The second-order valence-electron chi connectivity index (χ2n) is 1.11. The van der Waals surface area contributed by atoms with Crippen LogP contribution in [0.4, 0.5) is 0 Å². The Morgan fingerprint density at radius 2 is 2.57 bits per heavy atom. The molecular weight excluding hydrogens is 110 g/mol. The first-order chi connectivity index (χ1) is 3.39. The van der Waals surface area contributed by atoms with Crippen molar-refractivity contribution in [1.29, 1.82) is 0 Å². The van der Waals surface area contributed by atoms with Gasteiger partial charge in [-0.25, -0.2) is 0 Å². The number of rotatable bonds is 0. The average Bonchev–Trinajstić information content (AvgIpc) is 1.69. The second kappa shape index (κ2) is 1.88. The van der Waals surface area contributed by atoms with Crippen LogP contribution in [0.5, 0.6) is 0 Å². The van der Waals surface area contributed by atoms with Crippen LogP contribution in [0.2, 0.25) is 0 Å². The number of nitrogens with zero attached hydrogens (tertiary/aromatic N) is 3. The number of hydrogen-bond acceptors (Lipinski definition) is 3. The average molecular weight is 114 g/mol. The van der Waals surface area contributed by atoms with Gasteiger partial charge in [0.15, 0.2) is 0 Å². The molecule has 36 valence electrons. The number of azo groups is 1. The summed E-state index contributed by atoms with van der Waals surface area (Å²) < 4.78 is 1.53. The van der Waals surface area contributed by atoms with Crippen molar-refractivity contribution in [2.24, 2.45) is 10.2 Å². The Kier molecular flexibility index (Phi) is 1.21. The summed E-state index contributed by atoms with van der Waals surface area (Å²) in [6.45, 7) is 0.506. The zero-order chi connectivity index (χ0) is 5.11. The highest BCUT2D eigenvalue weighted by Gasteiger charge is 1.96. The van der Waals surface area contributed by atoms with Crippen LogP contribution in [0, 0.1) is 0 Å². The summed E-state index contributed by atoms with van der Waals surface area (Å²) in [5, 5.41) is 7.18. The van der Waals surface area contributed by atoms with Gasteiger partial charge in [0.2, 0.25) is 6.20 Å². The van der Waals surface area contributed by atoms with Gasteiger partial charge in [-0.05, 0) is 0 Å². The van der Waals surface area contributed by atoms with Crippen molar-refractivity contribution < 1.29 is 3.95 Å². The molecule has 7 heavy (non-hydrogen) atoms. The monoisotopic (exact) mass is 114 g/mol. The lowest BCUT2D eigenvalue weighted by Crippen LogP contribution is -1.99. The van der Waals surface area contributed by atoms with E-state index in [1.165, 1.54) is 3.95 Å². The van der Waals surface area contributed by atoms with Gasteiger partial charge in [-0.1, -0.05) is 0 Å². The third-order valence-electron chi connectivity index (χ3n) is 0.584. The third-order valence-corrected chi connectivity index (χ3v) is 0.821. The molecule has 0 unspecified atom stereocenters. The first-order valence-corrected chi connectivity index (χ1v) is 2.23. The number of hydrogen-bond donors (Lipinski definition) is 0. The maximum Gasteiger partial charge on any atom is 0.273 e. The molecule has 0 saturated heterocycles. The zero-order valence-corrected chi connectivity index (χ0v) is 4.43. The van der Waals surface area contributed by atoms with Crippen LogP contribution >= 0.6 is 0 Å². The van der Waals surface area contributed by atoms with Crippen molar-refractivity contribution in [2.75, 3.05) is 6.67 Å². The molecule has 0 bridgehead atoms. The SMILES string of the molecule is S=[N+]1C=CN=NC1. The molecule has 0 amide bonds. The summed E-state index contributed by atoms with van der Waals surface area (Å²) >= 11 is 4.68. The van der Waals surface area contributed by atoms with Gasteiger partial charge < -0.3 is 0 Å². The van der Waals surface area contributed by atoms with E-state index in [0.717, 1.165) is 0 Å². The van der Waals surface area contributed by atoms with E-state index in [0.29, 0.717) is 6.67 Å². The summed E-state index contributed by atoms with van der Waals surface area (Å²) in [5.41, 5.74) is 0. The highest BCUT2D eigenvalue weighted by molar-refractivity contribution is 7.44. The Labute approximate surface area is 46.5 Å². The fourth-order valence-corrected chi connectivity index (χ4v) is 0.403. The van der Waals surface area contributed by atoms with Crippen molar-refractivity contribution >= 4 is 12.4 Å². The summed E-state index contributed by atoms with van der Waals surface area (Å²) in [7, 11) is 0. The Bertz CT molecular complexity index is 137. The van der Waals surface area contributed by atoms with Crippen LogP contribution in [-0.2, 0) is 12.4 Å². The van der Waals surface area contributed by atoms with Crippen LogP contribution in [0.1, 0.15) is 0 Å². The minimum atomic E-state index is 0.506. The van der Waals surface area contributed by atoms with E-state index in [4.69, 9.17) is 0 Å². The normalized spacial score (nSPS) is 18.0. The lowest BCUT2D eigenvalue weighted by atomic mass is 10.8. The van der Waals surface area contributed by atoms with Crippen molar-refractivity contribution in [3.63, 3.8) is 0 Å². The molecule has 0 aromatic heterocycles. The van der Waals surface area contributed by atoms with Crippen molar-refractivity contribution in [1.82, 2.24) is 0 Å². The molecule has 0 spiro atoms. The van der Waals surface area contributed by atoms with Gasteiger partial charge in [0.05, 0.1) is 0 Å². The largest absolute Gasteiger partial charge is 0.273 e. The topological polar surface area (TPSA) is 27.7 Å². The predicted molar refractivity (Wildman–Crippen MR) is 26.5 cm³/mol. The molecule has 0 radical (unpaired) electrons. The van der Waals surface area contributed by atoms with Crippen LogP contribution in [-0.4, -0.2) is 10.6 Å². The fraction of sp³-hybridized carbons (Fsp3) is 0.333. The van der Waals surface area contributed by atoms with Crippen LogP contribution in [0.25, 0.3) is 0 Å². The molecule has 4 heteroatoms. The Morgan fingerprint density at radius 1 is 1.71 bits per heavy atom. The lowest BCUT2D eigenvalue weighted by Gasteiger charge is -1.85. The van der Waals surface area contributed by atoms with Crippen LogP contribution in [0.15, 0.2) is 22.6 Å². The summed E-state index contributed by atoms with van der Waals surface area (Å²) in [6, 6.07) is 0. The lowest BCUT2D eigenvalue weighted by molar-refractivity contribution is -0.427. The van der Waals surface area contributed by atoms with Gasteiger partial charge in [-0.3, -0.25) is 0 Å². The van der Waals surface area contributed by atoms with Crippen molar-refractivity contribution in [3.05, 3.63) is 12.4 Å². The first-order valence-electron chi connectivity index (χ1n) is 1.86. The molecule has 1 heterocycles. The molecule has 0 fully saturated rings. The molecule has 1 aliphatic rings. The molecule has 0 aliphatic carbocycles. The second-order valence-corrected chi connectivity index (χ2v) is 1.58. The molecule has 0 saturated carbocycles. The van der Waals surface area contributed by atoms with Crippen molar-refractivity contribution in [3.8, 4) is 0 Å². The molecule has 3 nitrogen and oxygen atoms in total. The highest BCUT2D eigenvalue weighted by Crippen LogP contribution is 1.88. The van der Waals surface area contributed by atoms with E-state index in [1.54, 1.807) is 12.4 Å². The van der Waals surface area contributed by atoms with Gasteiger partial charge in [-0.2, -0.15) is 5.11 Å². The molecule has 0 aromatic carbocycles. The quantitative estimate of drug-likeness (QED) is 0.424. The smallest absolute Gasteiger partial charge is 0.152 e. The van der Waals surface area contributed by atoms with Gasteiger partial charge in [0, 0.05) is 0 Å². The maximum absolute atomic E-state index is 4.68. The van der Waals surface area contributed by atoms with E-state index in [-0.39, 0.29) is 0 Å². The summed E-state index contributed by atoms with van der Waals surface area (Å²) in [5.74, 6) is 0. The van der Waals surface area contributed by atoms with Gasteiger partial charge >= 0.3 is 0 Å². The highest BCUT2D eigenvalue weighted by atomic mass is 32.1. The maximum atomic E-state index is 4.68. The van der Waals surface area contributed by atoms with Gasteiger partial charge in [-0.15, -0.1) is 9.06 Å². The standard InChI is InChI=1S/C3H4N3S/c7-6-2-1-4-5-3-6/h1-2H,3H2/q+1. The Morgan fingerprint density at radius 3 is 2.86 bits per heavy atom. The van der Waals surface area contributed by atoms with E-state index in [1.807, 2.05) is 0 Å². The first kappa shape index (κ1) is 4.52. The van der Waals surface area contributed by atoms with Crippen LogP contribution < -0.4 is 0 Å². The molecule has 0 aromatic rings. The molecule has 0 N–H and O–H groups in total. The minimum Gasteiger partial charge on any atom is -0.152 e. The summed E-state index contributed by atoms with van der Waals surface area (Å²) in [4.78, 5) is 0. The van der Waals surface area contributed by atoms with E-state index >= 15 is 0 Å². The van der Waals surface area contributed by atoms with Crippen molar-refractivity contribution in [2.45, 2.75) is 0 Å². The Hall–Kier alpha value is -0.640. The van der Waals surface area contributed by atoms with Crippen LogP contribution in [0.3, 0.4) is 0 Å². The fourth-order valence-electron chi connectivity index (χ4n) is 0.297. The third kappa shape index (κ3) is 1.12. The molecule has 1 rings (SSSR count). The molecule has 0 atom stereocenters. The Balaban J connectivity index is 2.66. The van der Waals surface area contributed by atoms with Gasteiger partial charge in [0.1, 0.15) is 6.20 Å². The molecule has 1 aliphatic heterocycles. The van der Waals surface area contributed by atoms with E-state index in [9.17, 15) is 0 Å². The predicted octanol–water partition coefficient (Wildman–Crippen LogP) is 0.624. The minimum absolute atomic E-state index is 0.506. The van der Waals surface area contributed by atoms with Gasteiger partial charge in [0.25, 0.3) is 19.1 Å². The van der Waals surface area contributed by atoms with E-state index in [2.05, 4.69) is 22.7 Å². The van der Waals surface area contributed by atoms with E-state index < -0.39 is 0 Å². The zero-order valence-electron chi connectivity index (χ0n) is 3.61. The molecular formula is C3H4N3S+. The summed E-state index contributed by atoms with van der Waals surface area (Å²) in [6.07, 6.45) is 3.26.